The molecule has 0 saturated heterocycles. The minimum atomic E-state index is -0.378. The van der Waals surface area contributed by atoms with E-state index in [1.54, 1.807) is 14.2 Å². The molecule has 1 aliphatic carbocycles. The number of ether oxygens (including phenoxy) is 2. The lowest BCUT2D eigenvalue weighted by atomic mass is 9.86. The van der Waals surface area contributed by atoms with E-state index in [2.05, 4.69) is 19.9 Å². The molecule has 1 saturated carbocycles. The van der Waals surface area contributed by atoms with Crippen LogP contribution in [0.25, 0.3) is 0 Å². The summed E-state index contributed by atoms with van der Waals surface area (Å²) in [6.07, 6.45) is 0.896. The van der Waals surface area contributed by atoms with Gasteiger partial charge in [-0.2, -0.15) is 5.26 Å². The topological polar surface area (TPSA) is 42.2 Å². The lowest BCUT2D eigenvalue weighted by Gasteiger charge is -2.18. The van der Waals surface area contributed by atoms with Gasteiger partial charge in [-0.3, -0.25) is 0 Å². The molecule has 0 aliphatic heterocycles. The van der Waals surface area contributed by atoms with Crippen LogP contribution < -0.4 is 9.47 Å². The molecule has 1 unspecified atom stereocenters. The second-order valence-electron chi connectivity index (χ2n) is 5.60. The number of hydrogen-bond donors (Lipinski definition) is 0. The summed E-state index contributed by atoms with van der Waals surface area (Å²) in [6.45, 7) is 6.28. The molecule has 0 radical (unpaired) electrons. The average Bonchev–Trinajstić information content (AvgIpc) is 2.92. The Labute approximate surface area is 108 Å². The number of methoxy groups -OCH3 is 2. The molecule has 1 fully saturated rings. The third kappa shape index (κ3) is 1.56. The molecule has 3 heteroatoms. The van der Waals surface area contributed by atoms with Crippen LogP contribution in [0, 0.1) is 23.7 Å². The van der Waals surface area contributed by atoms with Gasteiger partial charge in [0.15, 0.2) is 11.5 Å². The predicted molar refractivity (Wildman–Crippen MR) is 70.0 cm³/mol. The zero-order chi connectivity index (χ0) is 13.6. The second kappa shape index (κ2) is 3.91. The van der Waals surface area contributed by atoms with Crippen molar-refractivity contribution in [2.24, 2.45) is 5.41 Å². The summed E-state index contributed by atoms with van der Waals surface area (Å²) in [4.78, 5) is 0. The predicted octanol–water partition coefficient (Wildman–Crippen LogP) is 3.20. The van der Waals surface area contributed by atoms with E-state index in [1.807, 2.05) is 19.1 Å². The Balaban J connectivity index is 2.57. The minimum absolute atomic E-state index is 0.0338. The van der Waals surface area contributed by atoms with E-state index >= 15 is 0 Å². The van der Waals surface area contributed by atoms with Crippen molar-refractivity contribution in [3.63, 3.8) is 0 Å². The van der Waals surface area contributed by atoms with Crippen LogP contribution in [0.3, 0.4) is 0 Å². The van der Waals surface area contributed by atoms with Gasteiger partial charge in [-0.1, -0.05) is 13.8 Å². The summed E-state index contributed by atoms with van der Waals surface area (Å²) in [6, 6.07) is 6.39. The summed E-state index contributed by atoms with van der Waals surface area (Å²) >= 11 is 0. The monoisotopic (exact) mass is 245 g/mol. The average molecular weight is 245 g/mol. The Hall–Kier alpha value is -1.69. The number of nitriles is 1. The highest BCUT2D eigenvalue weighted by Gasteiger charge is 2.63. The second-order valence-corrected chi connectivity index (χ2v) is 5.60. The summed E-state index contributed by atoms with van der Waals surface area (Å²) in [5, 5.41) is 9.54. The van der Waals surface area contributed by atoms with Crippen LogP contribution in [-0.4, -0.2) is 14.2 Å². The number of rotatable bonds is 3. The minimum Gasteiger partial charge on any atom is -0.493 e. The fraction of sp³-hybridized carbons (Fsp3) is 0.533. The van der Waals surface area contributed by atoms with Crippen LogP contribution >= 0.6 is 0 Å². The van der Waals surface area contributed by atoms with E-state index in [4.69, 9.17) is 9.47 Å². The molecule has 0 bridgehead atoms. The molecule has 0 amide bonds. The molecule has 2 rings (SSSR count). The molecule has 0 N–H and O–H groups in total. The quantitative estimate of drug-likeness (QED) is 0.821. The van der Waals surface area contributed by atoms with Crippen LogP contribution in [0.5, 0.6) is 11.5 Å². The van der Waals surface area contributed by atoms with Crippen molar-refractivity contribution in [2.75, 3.05) is 14.2 Å². The zero-order valence-corrected chi connectivity index (χ0v) is 11.6. The zero-order valence-electron chi connectivity index (χ0n) is 11.6. The summed E-state index contributed by atoms with van der Waals surface area (Å²) in [7, 11) is 3.24. The normalized spacial score (nSPS) is 24.2. The van der Waals surface area contributed by atoms with Crippen LogP contribution in [-0.2, 0) is 5.41 Å². The fourth-order valence-electron chi connectivity index (χ4n) is 2.77. The first-order chi connectivity index (χ1) is 8.41. The van der Waals surface area contributed by atoms with Crippen molar-refractivity contribution < 1.29 is 9.47 Å². The van der Waals surface area contributed by atoms with Gasteiger partial charge in [0.2, 0.25) is 0 Å². The SMILES string of the molecule is COc1cc(C)c(C2(C#N)CC2(C)C)cc1OC. The van der Waals surface area contributed by atoms with E-state index in [-0.39, 0.29) is 10.8 Å². The first-order valence-corrected chi connectivity index (χ1v) is 6.06. The maximum absolute atomic E-state index is 9.54. The standard InChI is InChI=1S/C15H19NO2/c1-10-6-12(17-4)13(18-5)7-11(10)15(9-16)8-14(15,2)3/h6-7H,8H2,1-5H3. The molecule has 1 aliphatic rings. The molecular formula is C15H19NO2. The van der Waals surface area contributed by atoms with E-state index < -0.39 is 0 Å². The van der Waals surface area contributed by atoms with Gasteiger partial charge in [0.05, 0.1) is 25.7 Å². The first kappa shape index (κ1) is 12.8. The van der Waals surface area contributed by atoms with Gasteiger partial charge in [0, 0.05) is 0 Å². The third-order valence-corrected chi connectivity index (χ3v) is 4.12. The van der Waals surface area contributed by atoms with Crippen LogP contribution in [0.1, 0.15) is 31.4 Å². The first-order valence-electron chi connectivity index (χ1n) is 6.06. The van der Waals surface area contributed by atoms with E-state index in [0.29, 0.717) is 11.5 Å². The molecule has 18 heavy (non-hydrogen) atoms. The molecule has 0 spiro atoms. The number of nitrogens with zero attached hydrogens (tertiary/aromatic N) is 1. The van der Waals surface area contributed by atoms with Gasteiger partial charge < -0.3 is 9.47 Å². The lowest BCUT2D eigenvalue weighted by Crippen LogP contribution is -2.13. The maximum atomic E-state index is 9.54. The lowest BCUT2D eigenvalue weighted by molar-refractivity contribution is 0.353. The van der Waals surface area contributed by atoms with Crippen molar-refractivity contribution in [3.05, 3.63) is 23.3 Å². The molecule has 96 valence electrons. The summed E-state index contributed by atoms with van der Waals surface area (Å²) < 4.78 is 10.6. The number of aryl methyl sites for hydroxylation is 1. The molecule has 1 atom stereocenters. The van der Waals surface area contributed by atoms with Crippen molar-refractivity contribution >= 4 is 0 Å². The highest BCUT2D eigenvalue weighted by molar-refractivity contribution is 5.55. The molecular weight excluding hydrogens is 226 g/mol. The van der Waals surface area contributed by atoms with Crippen LogP contribution in [0.15, 0.2) is 12.1 Å². The smallest absolute Gasteiger partial charge is 0.161 e. The largest absolute Gasteiger partial charge is 0.493 e. The number of benzene rings is 1. The highest BCUT2D eigenvalue weighted by atomic mass is 16.5. The van der Waals surface area contributed by atoms with Gasteiger partial charge in [0.1, 0.15) is 0 Å². The maximum Gasteiger partial charge on any atom is 0.161 e. The van der Waals surface area contributed by atoms with E-state index in [1.165, 1.54) is 0 Å². The summed E-state index contributed by atoms with van der Waals surface area (Å²) in [5.41, 5.74) is 1.80. The van der Waals surface area contributed by atoms with Gasteiger partial charge >= 0.3 is 0 Å². The van der Waals surface area contributed by atoms with Crippen LogP contribution in [0.2, 0.25) is 0 Å². The molecule has 3 nitrogen and oxygen atoms in total. The Morgan fingerprint density at radius 2 is 1.67 bits per heavy atom. The van der Waals surface area contributed by atoms with Crippen molar-refractivity contribution in [1.29, 1.82) is 5.26 Å². The van der Waals surface area contributed by atoms with Gasteiger partial charge in [-0.25, -0.2) is 0 Å². The Bertz CT molecular complexity index is 528. The van der Waals surface area contributed by atoms with Crippen molar-refractivity contribution in [1.82, 2.24) is 0 Å². The van der Waals surface area contributed by atoms with Gasteiger partial charge in [-0.05, 0) is 42.0 Å². The van der Waals surface area contributed by atoms with E-state index in [9.17, 15) is 5.26 Å². The Morgan fingerprint density at radius 3 is 2.06 bits per heavy atom. The fourth-order valence-corrected chi connectivity index (χ4v) is 2.77. The third-order valence-electron chi connectivity index (χ3n) is 4.12. The van der Waals surface area contributed by atoms with E-state index in [0.717, 1.165) is 17.5 Å². The molecule has 0 aromatic heterocycles. The van der Waals surface area contributed by atoms with Crippen LogP contribution in [0.4, 0.5) is 0 Å². The molecule has 0 heterocycles. The Kier molecular flexibility index (Phi) is 2.77. The van der Waals surface area contributed by atoms with Crippen molar-refractivity contribution in [2.45, 2.75) is 32.6 Å². The summed E-state index contributed by atoms with van der Waals surface area (Å²) in [5.74, 6) is 1.40. The Morgan fingerprint density at radius 1 is 1.17 bits per heavy atom. The number of hydrogen-bond acceptors (Lipinski definition) is 3. The van der Waals surface area contributed by atoms with Gasteiger partial charge in [-0.15, -0.1) is 0 Å². The van der Waals surface area contributed by atoms with Crippen molar-refractivity contribution in [3.8, 4) is 17.6 Å². The van der Waals surface area contributed by atoms with Gasteiger partial charge in [0.25, 0.3) is 0 Å². The molecule has 1 aromatic rings. The highest BCUT2D eigenvalue weighted by Crippen LogP contribution is 2.65. The molecule has 1 aromatic carbocycles.